The Labute approximate surface area is 111 Å². The first-order valence-electron chi connectivity index (χ1n) is 5.78. The Kier molecular flexibility index (Phi) is 3.87. The van der Waals surface area contributed by atoms with E-state index < -0.39 is 10.0 Å². The number of rotatable bonds is 5. The Bertz CT molecular complexity index is 686. The van der Waals surface area contributed by atoms with Crippen LogP contribution >= 0.6 is 0 Å². The average molecular weight is 281 g/mol. The van der Waals surface area contributed by atoms with E-state index in [2.05, 4.69) is 10.3 Å². The van der Waals surface area contributed by atoms with E-state index in [-0.39, 0.29) is 11.5 Å². The molecule has 0 atom stereocenters. The molecule has 2 rings (SSSR count). The minimum atomic E-state index is -3.43. The van der Waals surface area contributed by atoms with Gasteiger partial charge in [-0.3, -0.25) is 0 Å². The number of aromatic nitrogens is 1. The van der Waals surface area contributed by atoms with Gasteiger partial charge in [0.25, 0.3) is 0 Å². The minimum Gasteiger partial charge on any atom is -0.508 e. The van der Waals surface area contributed by atoms with Gasteiger partial charge < -0.3 is 10.4 Å². The van der Waals surface area contributed by atoms with E-state index in [1.807, 2.05) is 6.07 Å². The lowest BCUT2D eigenvalue weighted by atomic mass is 10.1. The Morgan fingerprint density at radius 1 is 1.32 bits per heavy atom. The molecular formula is C12H15N3O3S. The van der Waals surface area contributed by atoms with Gasteiger partial charge in [0.2, 0.25) is 10.0 Å². The number of phenols is 1. The van der Waals surface area contributed by atoms with Crippen molar-refractivity contribution in [1.29, 1.82) is 0 Å². The summed E-state index contributed by atoms with van der Waals surface area (Å²) in [7, 11) is -3.43. The standard InChI is InChI=1S/C12H15N3O3S/c13-19(17,18)7-1-5-14-12-11-8-10(16)3-2-9(11)4-6-15-12/h2-4,6,8,16H,1,5,7H2,(H,14,15)(H2,13,17,18). The van der Waals surface area contributed by atoms with Crippen LogP contribution in [0.5, 0.6) is 5.75 Å². The highest BCUT2D eigenvalue weighted by molar-refractivity contribution is 7.89. The molecule has 102 valence electrons. The molecule has 0 amide bonds. The molecule has 19 heavy (non-hydrogen) atoms. The van der Waals surface area contributed by atoms with Gasteiger partial charge in [-0.2, -0.15) is 0 Å². The summed E-state index contributed by atoms with van der Waals surface area (Å²) in [6.45, 7) is 0.443. The van der Waals surface area contributed by atoms with Crippen molar-refractivity contribution in [3.63, 3.8) is 0 Å². The number of benzene rings is 1. The van der Waals surface area contributed by atoms with Gasteiger partial charge in [-0.05, 0) is 30.0 Å². The maximum atomic E-state index is 10.8. The van der Waals surface area contributed by atoms with Gasteiger partial charge in [0.05, 0.1) is 5.75 Å². The molecule has 0 fully saturated rings. The molecule has 1 aromatic carbocycles. The molecule has 7 heteroatoms. The number of hydrogen-bond acceptors (Lipinski definition) is 5. The van der Waals surface area contributed by atoms with Crippen LogP contribution in [0.1, 0.15) is 6.42 Å². The van der Waals surface area contributed by atoms with E-state index in [9.17, 15) is 13.5 Å². The lowest BCUT2D eigenvalue weighted by Crippen LogP contribution is -2.18. The predicted molar refractivity (Wildman–Crippen MR) is 74.5 cm³/mol. The second-order valence-electron chi connectivity index (χ2n) is 4.21. The molecule has 0 aliphatic heterocycles. The molecule has 1 aromatic heterocycles. The van der Waals surface area contributed by atoms with Crippen molar-refractivity contribution in [2.45, 2.75) is 6.42 Å². The summed E-state index contributed by atoms with van der Waals surface area (Å²) in [5, 5.41) is 19.2. The molecule has 0 spiro atoms. The molecule has 0 bridgehead atoms. The van der Waals surface area contributed by atoms with Crippen LogP contribution in [0.15, 0.2) is 30.5 Å². The number of nitrogens with zero attached hydrogens (tertiary/aromatic N) is 1. The summed E-state index contributed by atoms with van der Waals surface area (Å²) >= 11 is 0. The molecule has 0 unspecified atom stereocenters. The third kappa shape index (κ3) is 3.80. The maximum Gasteiger partial charge on any atom is 0.209 e. The molecule has 4 N–H and O–H groups in total. The molecular weight excluding hydrogens is 266 g/mol. The first-order chi connectivity index (χ1) is 8.96. The van der Waals surface area contributed by atoms with Crippen LogP contribution in [0.4, 0.5) is 5.82 Å². The number of primary sulfonamides is 1. The normalized spacial score (nSPS) is 11.6. The topological polar surface area (TPSA) is 105 Å². The third-order valence-electron chi connectivity index (χ3n) is 2.65. The van der Waals surface area contributed by atoms with Crippen molar-refractivity contribution in [2.75, 3.05) is 17.6 Å². The second-order valence-corrected chi connectivity index (χ2v) is 5.95. The number of aromatic hydroxyl groups is 1. The van der Waals surface area contributed by atoms with Crippen molar-refractivity contribution < 1.29 is 13.5 Å². The fraction of sp³-hybridized carbons (Fsp3) is 0.250. The van der Waals surface area contributed by atoms with Gasteiger partial charge in [0, 0.05) is 18.1 Å². The van der Waals surface area contributed by atoms with Crippen molar-refractivity contribution in [2.24, 2.45) is 5.14 Å². The van der Waals surface area contributed by atoms with Gasteiger partial charge in [0.15, 0.2) is 0 Å². The first-order valence-corrected chi connectivity index (χ1v) is 7.49. The fourth-order valence-corrected chi connectivity index (χ4v) is 2.32. The predicted octanol–water partition coefficient (Wildman–Crippen LogP) is 1.03. The quantitative estimate of drug-likeness (QED) is 0.710. The van der Waals surface area contributed by atoms with Crippen LogP contribution in [0.2, 0.25) is 0 Å². The van der Waals surface area contributed by atoms with Crippen LogP contribution in [0.3, 0.4) is 0 Å². The molecule has 1 heterocycles. The van der Waals surface area contributed by atoms with Gasteiger partial charge in [-0.25, -0.2) is 18.5 Å². The van der Waals surface area contributed by atoms with Crippen LogP contribution in [-0.2, 0) is 10.0 Å². The third-order valence-corrected chi connectivity index (χ3v) is 3.51. The van der Waals surface area contributed by atoms with E-state index in [4.69, 9.17) is 5.14 Å². The number of hydrogen-bond donors (Lipinski definition) is 3. The Balaban J connectivity index is 2.10. The first kappa shape index (κ1) is 13.6. The van der Waals surface area contributed by atoms with Crippen LogP contribution in [0, 0.1) is 0 Å². The molecule has 0 aliphatic carbocycles. The van der Waals surface area contributed by atoms with E-state index in [1.54, 1.807) is 24.4 Å². The smallest absolute Gasteiger partial charge is 0.209 e. The van der Waals surface area contributed by atoms with Crippen LogP contribution in [0.25, 0.3) is 10.8 Å². The number of sulfonamides is 1. The lowest BCUT2D eigenvalue weighted by Gasteiger charge is -2.08. The zero-order valence-electron chi connectivity index (χ0n) is 10.2. The van der Waals surface area contributed by atoms with E-state index in [0.29, 0.717) is 18.8 Å². The number of phenolic OH excluding ortho intramolecular Hbond substituents is 1. The number of nitrogens with two attached hydrogens (primary N) is 1. The highest BCUT2D eigenvalue weighted by Crippen LogP contribution is 2.24. The van der Waals surface area contributed by atoms with Gasteiger partial charge in [0.1, 0.15) is 11.6 Å². The van der Waals surface area contributed by atoms with Crippen LogP contribution < -0.4 is 10.5 Å². The second kappa shape index (κ2) is 5.41. The van der Waals surface area contributed by atoms with Gasteiger partial charge >= 0.3 is 0 Å². The molecule has 0 radical (unpaired) electrons. The lowest BCUT2D eigenvalue weighted by molar-refractivity contribution is 0.476. The maximum absolute atomic E-state index is 10.8. The zero-order chi connectivity index (χ0) is 13.9. The highest BCUT2D eigenvalue weighted by Gasteiger charge is 2.05. The average Bonchev–Trinajstić information content (AvgIpc) is 2.33. The van der Waals surface area contributed by atoms with E-state index >= 15 is 0 Å². The SMILES string of the molecule is NS(=O)(=O)CCCNc1nccc2ccc(O)cc12. The molecule has 2 aromatic rings. The summed E-state index contributed by atoms with van der Waals surface area (Å²) in [6, 6.07) is 6.85. The number of pyridine rings is 1. The highest BCUT2D eigenvalue weighted by atomic mass is 32.2. The summed E-state index contributed by atoms with van der Waals surface area (Å²) < 4.78 is 21.6. The molecule has 0 saturated heterocycles. The Morgan fingerprint density at radius 2 is 2.11 bits per heavy atom. The molecule has 0 aliphatic rings. The molecule has 0 saturated carbocycles. The fourth-order valence-electron chi connectivity index (χ4n) is 1.78. The number of fused-ring (bicyclic) bond motifs is 1. The summed E-state index contributed by atoms with van der Waals surface area (Å²) in [4.78, 5) is 4.18. The van der Waals surface area contributed by atoms with Crippen molar-refractivity contribution in [1.82, 2.24) is 4.98 Å². The zero-order valence-corrected chi connectivity index (χ0v) is 11.0. The van der Waals surface area contributed by atoms with Gasteiger partial charge in [-0.15, -0.1) is 0 Å². The summed E-state index contributed by atoms with van der Waals surface area (Å²) in [5.74, 6) is 0.701. The monoisotopic (exact) mass is 281 g/mol. The summed E-state index contributed by atoms with van der Waals surface area (Å²) in [5.41, 5.74) is 0. The number of anilines is 1. The Morgan fingerprint density at radius 3 is 2.84 bits per heavy atom. The van der Waals surface area contributed by atoms with Crippen molar-refractivity contribution >= 4 is 26.6 Å². The van der Waals surface area contributed by atoms with E-state index in [0.717, 1.165) is 10.8 Å². The van der Waals surface area contributed by atoms with Crippen molar-refractivity contribution in [3.8, 4) is 5.75 Å². The van der Waals surface area contributed by atoms with Crippen molar-refractivity contribution in [3.05, 3.63) is 30.5 Å². The van der Waals surface area contributed by atoms with Gasteiger partial charge in [-0.1, -0.05) is 6.07 Å². The largest absolute Gasteiger partial charge is 0.508 e. The van der Waals surface area contributed by atoms with Crippen LogP contribution in [-0.4, -0.2) is 30.8 Å². The van der Waals surface area contributed by atoms with E-state index in [1.165, 1.54) is 0 Å². The summed E-state index contributed by atoms with van der Waals surface area (Å²) in [6.07, 6.45) is 2.05. The minimum absolute atomic E-state index is 0.0734. The number of nitrogens with one attached hydrogen (secondary N) is 1. The molecule has 6 nitrogen and oxygen atoms in total. The Hall–Kier alpha value is -1.86.